The molecule has 0 aliphatic heterocycles. The zero-order valence-electron chi connectivity index (χ0n) is 11.9. The van der Waals surface area contributed by atoms with Crippen LogP contribution in [0, 0.1) is 21.4 Å². The molecule has 7 heteroatoms. The summed E-state index contributed by atoms with van der Waals surface area (Å²) in [4.78, 5) is 33.7. The van der Waals surface area contributed by atoms with Gasteiger partial charge in [-0.3, -0.25) is 14.9 Å². The Bertz CT molecular complexity index is 641. The maximum atomic E-state index is 11.9. The molecule has 0 N–H and O–H groups in total. The Hall–Kier alpha value is -3.01. The summed E-state index contributed by atoms with van der Waals surface area (Å²) in [6.45, 7) is 1.51. The minimum Gasteiger partial charge on any atom is -0.461 e. The normalized spacial score (nSPS) is 10.6. The van der Waals surface area contributed by atoms with Crippen LogP contribution in [0.2, 0.25) is 0 Å². The average molecular weight is 302 g/mol. The molecule has 0 fully saturated rings. The standard InChI is InChI=1S/C15H14N2O5/c1-2-14(18)13(15(19)22-9-3-8-16)10-11-4-6-12(7-5-11)17(20)21/h4-7,10H,2-3,9H2,1H3/b13-10-. The quantitative estimate of drug-likeness (QED) is 0.145. The summed E-state index contributed by atoms with van der Waals surface area (Å²) in [5, 5.41) is 19.0. The molecule has 0 aliphatic rings. The Morgan fingerprint density at radius 3 is 2.50 bits per heavy atom. The van der Waals surface area contributed by atoms with E-state index < -0.39 is 16.7 Å². The fraction of sp³-hybridized carbons (Fsp3) is 0.267. The topological polar surface area (TPSA) is 110 Å². The number of ether oxygens (including phenoxy) is 1. The second-order valence-electron chi connectivity index (χ2n) is 4.23. The first-order chi connectivity index (χ1) is 10.5. The molecular weight excluding hydrogens is 288 g/mol. The van der Waals surface area contributed by atoms with Gasteiger partial charge in [0.2, 0.25) is 0 Å². The summed E-state index contributed by atoms with van der Waals surface area (Å²) in [5.41, 5.74) is 0.242. The number of nitro benzene ring substituents is 1. The van der Waals surface area contributed by atoms with Gasteiger partial charge in [-0.25, -0.2) is 4.79 Å². The minimum atomic E-state index is -0.805. The lowest BCUT2D eigenvalue weighted by molar-refractivity contribution is -0.384. The molecule has 0 aliphatic carbocycles. The first-order valence-electron chi connectivity index (χ1n) is 6.53. The molecule has 0 aromatic heterocycles. The molecule has 0 unspecified atom stereocenters. The second kappa shape index (κ2) is 8.32. The number of nitriles is 1. The van der Waals surface area contributed by atoms with Crippen molar-refractivity contribution in [1.29, 1.82) is 5.26 Å². The Morgan fingerprint density at radius 1 is 1.36 bits per heavy atom. The van der Waals surface area contributed by atoms with Crippen molar-refractivity contribution in [3.63, 3.8) is 0 Å². The van der Waals surface area contributed by atoms with Crippen molar-refractivity contribution in [2.24, 2.45) is 0 Å². The molecule has 0 amide bonds. The van der Waals surface area contributed by atoms with E-state index in [1.165, 1.54) is 30.3 Å². The van der Waals surface area contributed by atoms with Crippen molar-refractivity contribution in [2.75, 3.05) is 6.61 Å². The lowest BCUT2D eigenvalue weighted by Crippen LogP contribution is -2.15. The number of non-ortho nitro benzene ring substituents is 1. The van der Waals surface area contributed by atoms with E-state index in [4.69, 9.17) is 10.00 Å². The van der Waals surface area contributed by atoms with Gasteiger partial charge >= 0.3 is 5.97 Å². The number of benzene rings is 1. The predicted molar refractivity (Wildman–Crippen MR) is 77.6 cm³/mol. The smallest absolute Gasteiger partial charge is 0.341 e. The Morgan fingerprint density at radius 2 is 2.00 bits per heavy atom. The zero-order valence-corrected chi connectivity index (χ0v) is 11.9. The third kappa shape index (κ3) is 4.83. The number of esters is 1. The van der Waals surface area contributed by atoms with Gasteiger partial charge in [0.1, 0.15) is 12.2 Å². The number of rotatable bonds is 7. The Balaban J connectivity index is 3.00. The fourth-order valence-corrected chi connectivity index (χ4v) is 1.57. The monoisotopic (exact) mass is 302 g/mol. The Kier molecular flexibility index (Phi) is 6.44. The van der Waals surface area contributed by atoms with E-state index in [0.29, 0.717) is 5.56 Å². The van der Waals surface area contributed by atoms with Crippen LogP contribution in [0.25, 0.3) is 6.08 Å². The molecular formula is C15H14N2O5. The molecule has 1 aromatic carbocycles. The highest BCUT2D eigenvalue weighted by molar-refractivity contribution is 6.20. The zero-order chi connectivity index (χ0) is 16.5. The highest BCUT2D eigenvalue weighted by Gasteiger charge is 2.18. The van der Waals surface area contributed by atoms with E-state index in [0.717, 1.165) is 0 Å². The number of hydrogen-bond acceptors (Lipinski definition) is 6. The van der Waals surface area contributed by atoms with Gasteiger partial charge in [-0.1, -0.05) is 6.92 Å². The first-order valence-corrected chi connectivity index (χ1v) is 6.53. The average Bonchev–Trinajstić information content (AvgIpc) is 2.52. The summed E-state index contributed by atoms with van der Waals surface area (Å²) in [7, 11) is 0. The number of nitrogens with zero attached hydrogens (tertiary/aromatic N) is 2. The van der Waals surface area contributed by atoms with Gasteiger partial charge < -0.3 is 4.74 Å². The maximum absolute atomic E-state index is 11.9. The summed E-state index contributed by atoms with van der Waals surface area (Å²) < 4.78 is 4.84. The Labute approximate surface area is 127 Å². The van der Waals surface area contributed by atoms with E-state index in [-0.39, 0.29) is 30.7 Å². The number of nitro groups is 1. The van der Waals surface area contributed by atoms with E-state index in [2.05, 4.69) is 0 Å². The van der Waals surface area contributed by atoms with E-state index in [1.807, 2.05) is 6.07 Å². The molecule has 114 valence electrons. The molecule has 0 heterocycles. The van der Waals surface area contributed by atoms with E-state index >= 15 is 0 Å². The van der Waals surface area contributed by atoms with Crippen LogP contribution in [0.15, 0.2) is 29.8 Å². The molecule has 0 atom stereocenters. The molecule has 0 radical (unpaired) electrons. The summed E-state index contributed by atoms with van der Waals surface area (Å²) in [6.07, 6.45) is 1.48. The van der Waals surface area contributed by atoms with Crippen molar-refractivity contribution in [2.45, 2.75) is 19.8 Å². The predicted octanol–water partition coefficient (Wildman–Crippen LogP) is 2.41. The molecule has 0 spiro atoms. The number of ketones is 1. The molecule has 1 aromatic rings. The van der Waals surface area contributed by atoms with Crippen LogP contribution in [0.3, 0.4) is 0 Å². The second-order valence-corrected chi connectivity index (χ2v) is 4.23. The number of carbonyl (C=O) groups excluding carboxylic acids is 2. The van der Waals surface area contributed by atoms with Gasteiger partial charge in [0.05, 0.1) is 17.4 Å². The third-order valence-electron chi connectivity index (χ3n) is 2.70. The van der Waals surface area contributed by atoms with E-state index in [1.54, 1.807) is 6.92 Å². The largest absolute Gasteiger partial charge is 0.461 e. The van der Waals surface area contributed by atoms with Crippen molar-refractivity contribution in [3.8, 4) is 6.07 Å². The van der Waals surface area contributed by atoms with Gasteiger partial charge in [-0.2, -0.15) is 5.26 Å². The summed E-state index contributed by atoms with van der Waals surface area (Å²) in [5.74, 6) is -1.21. The number of carbonyl (C=O) groups is 2. The number of hydrogen-bond donors (Lipinski definition) is 0. The maximum Gasteiger partial charge on any atom is 0.341 e. The third-order valence-corrected chi connectivity index (χ3v) is 2.70. The molecule has 7 nitrogen and oxygen atoms in total. The van der Waals surface area contributed by atoms with Crippen LogP contribution in [0.4, 0.5) is 5.69 Å². The van der Waals surface area contributed by atoms with Crippen LogP contribution in [-0.4, -0.2) is 23.3 Å². The van der Waals surface area contributed by atoms with Gasteiger partial charge in [0.25, 0.3) is 5.69 Å². The van der Waals surface area contributed by atoms with E-state index in [9.17, 15) is 19.7 Å². The molecule has 22 heavy (non-hydrogen) atoms. The number of Topliss-reactive ketones (excluding diaryl/α,β-unsaturated/α-hetero) is 1. The summed E-state index contributed by atoms with van der Waals surface area (Å²) >= 11 is 0. The van der Waals surface area contributed by atoms with Crippen molar-refractivity contribution in [1.82, 2.24) is 0 Å². The molecule has 0 saturated carbocycles. The van der Waals surface area contributed by atoms with Crippen molar-refractivity contribution < 1.29 is 19.2 Å². The SMILES string of the molecule is CCC(=O)/C(=C/c1ccc([N+](=O)[O-])cc1)C(=O)OCCC#N. The van der Waals surface area contributed by atoms with Gasteiger partial charge in [-0.15, -0.1) is 0 Å². The minimum absolute atomic E-state index is 0.0386. The fourth-order valence-electron chi connectivity index (χ4n) is 1.57. The van der Waals surface area contributed by atoms with Gasteiger partial charge in [-0.05, 0) is 23.8 Å². The lowest BCUT2D eigenvalue weighted by atomic mass is 10.1. The van der Waals surface area contributed by atoms with Crippen LogP contribution in [0.5, 0.6) is 0 Å². The van der Waals surface area contributed by atoms with Crippen LogP contribution in [0.1, 0.15) is 25.3 Å². The first kappa shape index (κ1) is 17.0. The van der Waals surface area contributed by atoms with Gasteiger partial charge in [0.15, 0.2) is 5.78 Å². The highest BCUT2D eigenvalue weighted by Crippen LogP contribution is 2.16. The van der Waals surface area contributed by atoms with Crippen molar-refractivity contribution >= 4 is 23.5 Å². The highest BCUT2D eigenvalue weighted by atomic mass is 16.6. The van der Waals surface area contributed by atoms with Gasteiger partial charge in [0, 0.05) is 18.6 Å². The van der Waals surface area contributed by atoms with Crippen LogP contribution < -0.4 is 0 Å². The lowest BCUT2D eigenvalue weighted by Gasteiger charge is -2.05. The molecule has 1 rings (SSSR count). The summed E-state index contributed by atoms with van der Waals surface area (Å²) in [6, 6.07) is 7.25. The molecule has 0 bridgehead atoms. The molecule has 0 saturated heterocycles. The van der Waals surface area contributed by atoms with Crippen LogP contribution in [-0.2, 0) is 14.3 Å². The van der Waals surface area contributed by atoms with Crippen LogP contribution >= 0.6 is 0 Å². The van der Waals surface area contributed by atoms with Crippen molar-refractivity contribution in [3.05, 3.63) is 45.5 Å².